The van der Waals surface area contributed by atoms with Gasteiger partial charge in [0.05, 0.1) is 0 Å². The molecular weight excluding hydrogens is 288 g/mol. The summed E-state index contributed by atoms with van der Waals surface area (Å²) in [6.07, 6.45) is 1.95. The first-order valence-electron chi connectivity index (χ1n) is 7.16. The normalized spacial score (nSPS) is 15.7. The molecule has 3 rings (SSSR count). The zero-order chi connectivity index (χ0) is 14.1. The quantitative estimate of drug-likeness (QED) is 0.897. The van der Waals surface area contributed by atoms with Crippen molar-refractivity contribution in [3.8, 4) is 0 Å². The number of halogens is 1. The summed E-state index contributed by atoms with van der Waals surface area (Å²) in [5, 5.41) is 7.33. The van der Waals surface area contributed by atoms with Gasteiger partial charge < -0.3 is 15.1 Å². The summed E-state index contributed by atoms with van der Waals surface area (Å²) in [5.41, 5.74) is 3.17. The van der Waals surface area contributed by atoms with Crippen molar-refractivity contribution in [3.63, 3.8) is 0 Å². The molecule has 4 nitrogen and oxygen atoms in total. The van der Waals surface area contributed by atoms with Gasteiger partial charge in [-0.25, -0.2) is 0 Å². The molecular formula is C16H21ClN2O2. The van der Waals surface area contributed by atoms with Crippen LogP contribution in [0.2, 0.25) is 0 Å². The molecule has 114 valence electrons. The molecule has 2 heterocycles. The predicted molar refractivity (Wildman–Crippen MR) is 86.3 cm³/mol. The first kappa shape index (κ1) is 15.9. The Morgan fingerprint density at radius 2 is 1.86 bits per heavy atom. The minimum absolute atomic E-state index is 0. The van der Waals surface area contributed by atoms with Gasteiger partial charge in [-0.15, -0.1) is 12.4 Å². The fourth-order valence-corrected chi connectivity index (χ4v) is 2.64. The van der Waals surface area contributed by atoms with Crippen LogP contribution in [0.5, 0.6) is 0 Å². The molecule has 2 N–H and O–H groups in total. The molecule has 1 saturated heterocycles. The van der Waals surface area contributed by atoms with E-state index in [0.717, 1.165) is 36.9 Å². The average Bonchev–Trinajstić information content (AvgIpc) is 2.83. The number of aryl methyl sites for hydroxylation is 2. The third kappa shape index (κ3) is 3.39. The van der Waals surface area contributed by atoms with E-state index in [2.05, 4.69) is 23.6 Å². The van der Waals surface area contributed by atoms with Crippen molar-refractivity contribution in [1.82, 2.24) is 10.6 Å². The number of carbonyl (C=O) groups is 1. The number of nitrogens with one attached hydrogen (secondary N) is 2. The van der Waals surface area contributed by atoms with E-state index in [1.165, 1.54) is 11.1 Å². The summed E-state index contributed by atoms with van der Waals surface area (Å²) in [6.45, 7) is 6.04. The fraction of sp³-hybridized carbons (Fsp3) is 0.438. The van der Waals surface area contributed by atoms with Crippen molar-refractivity contribution in [2.75, 3.05) is 13.1 Å². The van der Waals surface area contributed by atoms with Crippen LogP contribution in [0.25, 0.3) is 11.0 Å². The molecule has 0 unspecified atom stereocenters. The van der Waals surface area contributed by atoms with Gasteiger partial charge in [0.25, 0.3) is 5.91 Å². The highest BCUT2D eigenvalue weighted by atomic mass is 35.5. The molecule has 1 aromatic heterocycles. The first-order chi connectivity index (χ1) is 9.63. The van der Waals surface area contributed by atoms with Crippen LogP contribution in [0.4, 0.5) is 0 Å². The first-order valence-corrected chi connectivity index (χ1v) is 7.16. The molecule has 2 aromatic rings. The molecule has 0 saturated carbocycles. The molecule has 1 aliphatic rings. The minimum atomic E-state index is -0.108. The van der Waals surface area contributed by atoms with E-state index in [1.54, 1.807) is 0 Å². The second-order valence-electron chi connectivity index (χ2n) is 5.58. The van der Waals surface area contributed by atoms with Crippen LogP contribution in [0.15, 0.2) is 22.6 Å². The molecule has 0 atom stereocenters. The standard InChI is InChI=1S/C16H20N2O2.ClH/c1-10-7-12-9-15(20-14(12)8-11(10)2)16(19)18-13-3-5-17-6-4-13;/h7-9,13,17H,3-6H2,1-2H3,(H,18,19);1H. The second kappa shape index (κ2) is 6.50. The maximum Gasteiger partial charge on any atom is 0.287 e. The van der Waals surface area contributed by atoms with Crippen molar-refractivity contribution in [1.29, 1.82) is 0 Å². The van der Waals surface area contributed by atoms with E-state index in [0.29, 0.717) is 5.76 Å². The predicted octanol–water partition coefficient (Wildman–Crippen LogP) is 2.95. The monoisotopic (exact) mass is 308 g/mol. The van der Waals surface area contributed by atoms with E-state index in [1.807, 2.05) is 19.1 Å². The van der Waals surface area contributed by atoms with E-state index >= 15 is 0 Å². The highest BCUT2D eigenvalue weighted by Gasteiger charge is 2.19. The Morgan fingerprint density at radius 3 is 2.57 bits per heavy atom. The van der Waals surface area contributed by atoms with Gasteiger partial charge in [0.15, 0.2) is 5.76 Å². The van der Waals surface area contributed by atoms with Crippen LogP contribution >= 0.6 is 12.4 Å². The van der Waals surface area contributed by atoms with E-state index in [-0.39, 0.29) is 24.4 Å². The lowest BCUT2D eigenvalue weighted by Gasteiger charge is -2.23. The Bertz CT molecular complexity index is 606. The van der Waals surface area contributed by atoms with Crippen LogP contribution in [-0.2, 0) is 0 Å². The highest BCUT2D eigenvalue weighted by molar-refractivity contribution is 5.96. The number of hydrogen-bond acceptors (Lipinski definition) is 3. The van der Waals surface area contributed by atoms with Crippen molar-refractivity contribution in [2.24, 2.45) is 0 Å². The van der Waals surface area contributed by atoms with Gasteiger partial charge in [-0.1, -0.05) is 0 Å². The Kier molecular flexibility index (Phi) is 4.91. The maximum atomic E-state index is 12.2. The largest absolute Gasteiger partial charge is 0.451 e. The van der Waals surface area contributed by atoms with Crippen LogP contribution in [0.3, 0.4) is 0 Å². The smallest absolute Gasteiger partial charge is 0.287 e. The average molecular weight is 309 g/mol. The Balaban J connectivity index is 0.00000161. The number of piperidine rings is 1. The Hall–Kier alpha value is -1.52. The third-order valence-corrected chi connectivity index (χ3v) is 4.03. The van der Waals surface area contributed by atoms with Gasteiger partial charge in [-0.05, 0) is 69.1 Å². The summed E-state index contributed by atoms with van der Waals surface area (Å²) in [5.74, 6) is 0.298. The molecule has 1 aliphatic heterocycles. The van der Waals surface area contributed by atoms with Crippen LogP contribution in [0, 0.1) is 13.8 Å². The lowest BCUT2D eigenvalue weighted by molar-refractivity contribution is 0.0903. The maximum absolute atomic E-state index is 12.2. The van der Waals surface area contributed by atoms with Gasteiger partial charge in [0.1, 0.15) is 5.58 Å². The van der Waals surface area contributed by atoms with Gasteiger partial charge in [0.2, 0.25) is 0 Å². The van der Waals surface area contributed by atoms with Crippen LogP contribution < -0.4 is 10.6 Å². The van der Waals surface area contributed by atoms with Crippen LogP contribution in [-0.4, -0.2) is 25.0 Å². The van der Waals surface area contributed by atoms with E-state index in [4.69, 9.17) is 4.42 Å². The summed E-state index contributed by atoms with van der Waals surface area (Å²) >= 11 is 0. The summed E-state index contributed by atoms with van der Waals surface area (Å²) in [7, 11) is 0. The van der Waals surface area contributed by atoms with Gasteiger partial charge in [-0.3, -0.25) is 4.79 Å². The molecule has 1 amide bonds. The molecule has 0 aliphatic carbocycles. The molecule has 1 fully saturated rings. The number of rotatable bonds is 2. The fourth-order valence-electron chi connectivity index (χ4n) is 2.64. The molecule has 0 bridgehead atoms. The third-order valence-electron chi connectivity index (χ3n) is 4.03. The topological polar surface area (TPSA) is 54.3 Å². The number of fused-ring (bicyclic) bond motifs is 1. The highest BCUT2D eigenvalue weighted by Crippen LogP contribution is 2.23. The molecule has 0 spiro atoms. The summed E-state index contributed by atoms with van der Waals surface area (Å²) < 4.78 is 5.68. The van der Waals surface area contributed by atoms with Crippen molar-refractivity contribution >= 4 is 29.3 Å². The zero-order valence-corrected chi connectivity index (χ0v) is 13.2. The number of amides is 1. The van der Waals surface area contributed by atoms with Crippen molar-refractivity contribution in [2.45, 2.75) is 32.7 Å². The Morgan fingerprint density at radius 1 is 1.19 bits per heavy atom. The SMILES string of the molecule is Cc1cc2cc(C(=O)NC3CCNCC3)oc2cc1C.Cl. The van der Waals surface area contributed by atoms with Crippen molar-refractivity contribution < 1.29 is 9.21 Å². The molecule has 21 heavy (non-hydrogen) atoms. The second-order valence-corrected chi connectivity index (χ2v) is 5.58. The molecule has 0 radical (unpaired) electrons. The number of furan rings is 1. The molecule has 5 heteroatoms. The van der Waals surface area contributed by atoms with Gasteiger partial charge >= 0.3 is 0 Å². The zero-order valence-electron chi connectivity index (χ0n) is 12.4. The van der Waals surface area contributed by atoms with Crippen molar-refractivity contribution in [3.05, 3.63) is 35.1 Å². The number of benzene rings is 1. The Labute approximate surface area is 130 Å². The molecule has 1 aromatic carbocycles. The number of hydrogen-bond donors (Lipinski definition) is 2. The lowest BCUT2D eigenvalue weighted by Crippen LogP contribution is -2.42. The number of carbonyl (C=O) groups excluding carboxylic acids is 1. The van der Waals surface area contributed by atoms with Gasteiger partial charge in [0, 0.05) is 11.4 Å². The van der Waals surface area contributed by atoms with Gasteiger partial charge in [-0.2, -0.15) is 0 Å². The van der Waals surface area contributed by atoms with E-state index < -0.39 is 0 Å². The summed E-state index contributed by atoms with van der Waals surface area (Å²) in [4.78, 5) is 12.2. The van der Waals surface area contributed by atoms with E-state index in [9.17, 15) is 4.79 Å². The lowest BCUT2D eigenvalue weighted by atomic mass is 10.1. The summed E-state index contributed by atoms with van der Waals surface area (Å²) in [6, 6.07) is 6.14. The van der Waals surface area contributed by atoms with Crippen LogP contribution in [0.1, 0.15) is 34.5 Å². The minimum Gasteiger partial charge on any atom is -0.451 e.